The van der Waals surface area contributed by atoms with Crippen LogP contribution in [-0.2, 0) is 0 Å². The number of pyridine rings is 1. The van der Waals surface area contributed by atoms with E-state index in [1.165, 1.54) is 0 Å². The second kappa shape index (κ2) is 5.41. The number of aromatic nitrogens is 1. The zero-order valence-corrected chi connectivity index (χ0v) is 12.6. The standard InChI is InChI=1S/C16H17ClF2N2/c1-11-10-12-4-2-5-13(17)14(12)20-15(11)21-8-3-6-16(18,19)7-9-21/h2,4-5,10H,3,6-9H2,1H3. The third kappa shape index (κ3) is 2.95. The fourth-order valence-electron chi connectivity index (χ4n) is 2.85. The van der Waals surface area contributed by atoms with Gasteiger partial charge in [-0.25, -0.2) is 13.8 Å². The summed E-state index contributed by atoms with van der Waals surface area (Å²) in [7, 11) is 0. The minimum atomic E-state index is -2.56. The summed E-state index contributed by atoms with van der Waals surface area (Å²) < 4.78 is 27.0. The van der Waals surface area contributed by atoms with Crippen LogP contribution in [0.4, 0.5) is 14.6 Å². The first-order valence-corrected chi connectivity index (χ1v) is 7.53. The first-order chi connectivity index (χ1) is 9.96. The highest BCUT2D eigenvalue weighted by Gasteiger charge is 2.32. The molecule has 0 unspecified atom stereocenters. The van der Waals surface area contributed by atoms with E-state index in [-0.39, 0.29) is 12.8 Å². The molecular formula is C16H17ClF2N2. The predicted octanol–water partition coefficient (Wildman–Crippen LogP) is 4.82. The number of nitrogens with zero attached hydrogens (tertiary/aromatic N) is 2. The maximum Gasteiger partial charge on any atom is 0.249 e. The highest BCUT2D eigenvalue weighted by molar-refractivity contribution is 6.35. The van der Waals surface area contributed by atoms with E-state index in [1.807, 2.05) is 30.0 Å². The minimum absolute atomic E-state index is 0.0448. The van der Waals surface area contributed by atoms with Gasteiger partial charge in [0.15, 0.2) is 0 Å². The first kappa shape index (κ1) is 14.5. The van der Waals surface area contributed by atoms with E-state index in [1.54, 1.807) is 6.07 Å². The van der Waals surface area contributed by atoms with Crippen LogP contribution in [0.15, 0.2) is 24.3 Å². The quantitative estimate of drug-likeness (QED) is 0.750. The molecule has 0 spiro atoms. The number of benzene rings is 1. The maximum atomic E-state index is 13.5. The molecule has 0 amide bonds. The van der Waals surface area contributed by atoms with E-state index in [2.05, 4.69) is 4.98 Å². The average molecular weight is 311 g/mol. The largest absolute Gasteiger partial charge is 0.356 e. The summed E-state index contributed by atoms with van der Waals surface area (Å²) in [5, 5.41) is 1.57. The molecule has 1 aliphatic heterocycles. The van der Waals surface area contributed by atoms with Gasteiger partial charge in [0, 0.05) is 31.3 Å². The molecule has 0 N–H and O–H groups in total. The summed E-state index contributed by atoms with van der Waals surface area (Å²) in [6, 6.07) is 7.67. The van der Waals surface area contributed by atoms with Gasteiger partial charge in [-0.3, -0.25) is 0 Å². The van der Waals surface area contributed by atoms with E-state index >= 15 is 0 Å². The minimum Gasteiger partial charge on any atom is -0.356 e. The van der Waals surface area contributed by atoms with Gasteiger partial charge in [0.05, 0.1) is 10.5 Å². The molecule has 112 valence electrons. The summed E-state index contributed by atoms with van der Waals surface area (Å²) in [5.74, 6) is -1.79. The first-order valence-electron chi connectivity index (χ1n) is 7.15. The van der Waals surface area contributed by atoms with Crippen LogP contribution in [-0.4, -0.2) is 24.0 Å². The van der Waals surface area contributed by atoms with Gasteiger partial charge >= 0.3 is 0 Å². The van der Waals surface area contributed by atoms with Crippen LogP contribution in [0.25, 0.3) is 10.9 Å². The van der Waals surface area contributed by atoms with Gasteiger partial charge in [-0.05, 0) is 31.0 Å². The van der Waals surface area contributed by atoms with E-state index in [4.69, 9.17) is 11.6 Å². The number of alkyl halides is 2. The van der Waals surface area contributed by atoms with Crippen molar-refractivity contribution in [2.24, 2.45) is 0 Å². The lowest BCUT2D eigenvalue weighted by Gasteiger charge is -2.24. The van der Waals surface area contributed by atoms with Crippen LogP contribution in [0.2, 0.25) is 5.02 Å². The van der Waals surface area contributed by atoms with Gasteiger partial charge in [-0.1, -0.05) is 23.7 Å². The van der Waals surface area contributed by atoms with E-state index < -0.39 is 5.92 Å². The van der Waals surface area contributed by atoms with Crippen molar-refractivity contribution in [3.05, 3.63) is 34.9 Å². The zero-order valence-electron chi connectivity index (χ0n) is 11.9. The third-order valence-corrected chi connectivity index (χ3v) is 4.28. The topological polar surface area (TPSA) is 16.1 Å². The van der Waals surface area contributed by atoms with Crippen molar-refractivity contribution in [1.29, 1.82) is 0 Å². The Bertz CT molecular complexity index is 673. The molecule has 2 heterocycles. The lowest BCUT2D eigenvalue weighted by molar-refractivity contribution is -0.0102. The summed E-state index contributed by atoms with van der Waals surface area (Å²) in [6.45, 7) is 2.90. The number of para-hydroxylation sites is 1. The molecular weight excluding hydrogens is 294 g/mol. The van der Waals surface area contributed by atoms with Crippen LogP contribution >= 0.6 is 11.6 Å². The van der Waals surface area contributed by atoms with Gasteiger partial charge in [-0.2, -0.15) is 0 Å². The number of fused-ring (bicyclic) bond motifs is 1. The lowest BCUT2D eigenvalue weighted by atomic mass is 10.1. The van der Waals surface area contributed by atoms with E-state index in [9.17, 15) is 8.78 Å². The van der Waals surface area contributed by atoms with Gasteiger partial charge < -0.3 is 4.90 Å². The van der Waals surface area contributed by atoms with Gasteiger partial charge in [-0.15, -0.1) is 0 Å². The van der Waals surface area contributed by atoms with Crippen molar-refractivity contribution >= 4 is 28.3 Å². The second-order valence-electron chi connectivity index (χ2n) is 5.64. The zero-order chi connectivity index (χ0) is 15.0. The molecule has 2 nitrogen and oxygen atoms in total. The Hall–Kier alpha value is -1.42. The molecule has 0 aliphatic carbocycles. The number of halogens is 3. The van der Waals surface area contributed by atoms with Gasteiger partial charge in [0.25, 0.3) is 0 Å². The molecule has 0 radical (unpaired) electrons. The molecule has 1 fully saturated rings. The SMILES string of the molecule is Cc1cc2cccc(Cl)c2nc1N1CCCC(F)(F)CC1. The van der Waals surface area contributed by atoms with Crippen LogP contribution in [0, 0.1) is 6.92 Å². The number of hydrogen-bond donors (Lipinski definition) is 0. The van der Waals surface area contributed by atoms with Crippen molar-refractivity contribution in [3.8, 4) is 0 Å². The molecule has 21 heavy (non-hydrogen) atoms. The number of rotatable bonds is 1. The van der Waals surface area contributed by atoms with E-state index in [0.29, 0.717) is 24.5 Å². The summed E-state index contributed by atoms with van der Waals surface area (Å²) in [5.41, 5.74) is 1.73. The monoisotopic (exact) mass is 310 g/mol. The molecule has 0 bridgehead atoms. The Morgan fingerprint density at radius 2 is 2.05 bits per heavy atom. The highest BCUT2D eigenvalue weighted by Crippen LogP contribution is 2.32. The van der Waals surface area contributed by atoms with E-state index in [0.717, 1.165) is 22.3 Å². The summed E-state index contributed by atoms with van der Waals surface area (Å²) >= 11 is 6.20. The van der Waals surface area contributed by atoms with Crippen molar-refractivity contribution in [2.75, 3.05) is 18.0 Å². The fourth-order valence-corrected chi connectivity index (χ4v) is 3.08. The Labute approximate surface area is 127 Å². The van der Waals surface area contributed by atoms with Crippen LogP contribution in [0.3, 0.4) is 0 Å². The van der Waals surface area contributed by atoms with Crippen LogP contribution in [0.5, 0.6) is 0 Å². The smallest absolute Gasteiger partial charge is 0.249 e. The normalized spacial score (nSPS) is 18.8. The molecule has 2 aromatic rings. The predicted molar refractivity (Wildman–Crippen MR) is 82.5 cm³/mol. The number of aryl methyl sites for hydroxylation is 1. The molecule has 1 aromatic carbocycles. The van der Waals surface area contributed by atoms with Crippen molar-refractivity contribution in [1.82, 2.24) is 4.98 Å². The third-order valence-electron chi connectivity index (χ3n) is 3.98. The van der Waals surface area contributed by atoms with Crippen molar-refractivity contribution in [3.63, 3.8) is 0 Å². The molecule has 3 rings (SSSR count). The van der Waals surface area contributed by atoms with Crippen LogP contribution < -0.4 is 4.90 Å². The molecule has 0 atom stereocenters. The number of hydrogen-bond acceptors (Lipinski definition) is 2. The Morgan fingerprint density at radius 1 is 1.24 bits per heavy atom. The highest BCUT2D eigenvalue weighted by atomic mass is 35.5. The molecule has 1 aromatic heterocycles. The Morgan fingerprint density at radius 3 is 2.86 bits per heavy atom. The average Bonchev–Trinajstić information content (AvgIpc) is 2.59. The molecule has 1 saturated heterocycles. The summed E-state index contributed by atoms with van der Waals surface area (Å²) in [6.07, 6.45) is 0.320. The van der Waals surface area contributed by atoms with Crippen molar-refractivity contribution < 1.29 is 8.78 Å². The lowest BCUT2D eigenvalue weighted by Crippen LogP contribution is -2.27. The Balaban J connectivity index is 2.00. The molecule has 0 saturated carbocycles. The summed E-state index contributed by atoms with van der Waals surface area (Å²) in [4.78, 5) is 6.59. The number of anilines is 1. The van der Waals surface area contributed by atoms with Gasteiger partial charge in [0.2, 0.25) is 5.92 Å². The fraction of sp³-hybridized carbons (Fsp3) is 0.438. The molecule has 5 heteroatoms. The maximum absolute atomic E-state index is 13.5. The van der Waals surface area contributed by atoms with Crippen LogP contribution in [0.1, 0.15) is 24.8 Å². The Kier molecular flexibility index (Phi) is 3.74. The van der Waals surface area contributed by atoms with Gasteiger partial charge in [0.1, 0.15) is 5.82 Å². The second-order valence-corrected chi connectivity index (χ2v) is 6.04. The molecule has 1 aliphatic rings. The van der Waals surface area contributed by atoms with Crippen molar-refractivity contribution in [2.45, 2.75) is 32.1 Å².